The minimum Gasteiger partial charge on any atom is -0.342 e. The van der Waals surface area contributed by atoms with E-state index in [2.05, 4.69) is 20.4 Å². The number of carbonyl (C=O) groups excluding carboxylic acids is 2. The number of rotatable bonds is 4. The van der Waals surface area contributed by atoms with Gasteiger partial charge in [0.2, 0.25) is 11.8 Å². The van der Waals surface area contributed by atoms with E-state index in [1.54, 1.807) is 29.3 Å². The molecule has 130 valence electrons. The smallest absolute Gasteiger partial charge is 0.229 e. The van der Waals surface area contributed by atoms with E-state index >= 15 is 0 Å². The van der Waals surface area contributed by atoms with Crippen LogP contribution in [0.4, 0.5) is 5.69 Å². The quantitative estimate of drug-likeness (QED) is 0.904. The molecule has 1 N–H and O–H groups in total. The Morgan fingerprint density at radius 3 is 2.72 bits per heavy atom. The normalized spacial score (nSPS) is 20.3. The van der Waals surface area contributed by atoms with E-state index in [9.17, 15) is 9.59 Å². The van der Waals surface area contributed by atoms with Crippen molar-refractivity contribution in [3.63, 3.8) is 0 Å². The van der Waals surface area contributed by atoms with Crippen LogP contribution in [0.15, 0.2) is 31.0 Å². The summed E-state index contributed by atoms with van der Waals surface area (Å²) >= 11 is 0. The highest BCUT2D eigenvalue weighted by Gasteiger charge is 2.36. The molecule has 0 radical (unpaired) electrons. The second-order valence-electron chi connectivity index (χ2n) is 6.63. The third-order valence-corrected chi connectivity index (χ3v) is 4.70. The third kappa shape index (κ3) is 3.52. The van der Waals surface area contributed by atoms with Crippen molar-refractivity contribution < 1.29 is 9.59 Å². The predicted molar refractivity (Wildman–Crippen MR) is 89.8 cm³/mol. The van der Waals surface area contributed by atoms with Crippen molar-refractivity contribution in [2.75, 3.05) is 18.4 Å². The van der Waals surface area contributed by atoms with E-state index in [1.165, 1.54) is 6.33 Å². The molecule has 25 heavy (non-hydrogen) atoms. The van der Waals surface area contributed by atoms with E-state index < -0.39 is 0 Å². The van der Waals surface area contributed by atoms with Crippen molar-refractivity contribution in [3.05, 3.63) is 31.0 Å². The van der Waals surface area contributed by atoms with Gasteiger partial charge in [0.15, 0.2) is 5.82 Å². The Hall–Kier alpha value is -2.77. The van der Waals surface area contributed by atoms with Crippen LogP contribution < -0.4 is 5.32 Å². The molecule has 0 bridgehead atoms. The van der Waals surface area contributed by atoms with Gasteiger partial charge in [-0.3, -0.25) is 9.59 Å². The summed E-state index contributed by atoms with van der Waals surface area (Å²) in [6.07, 6.45) is 8.28. The van der Waals surface area contributed by atoms with Crippen molar-refractivity contribution in [1.82, 2.24) is 24.6 Å². The molecule has 2 amide bonds. The topological polar surface area (TPSA) is 93.0 Å². The minimum atomic E-state index is -0.161. The summed E-state index contributed by atoms with van der Waals surface area (Å²) in [6, 6.07) is 3.56. The minimum absolute atomic E-state index is 0.0522. The number of likely N-dealkylation sites (tertiary alicyclic amines) is 1. The van der Waals surface area contributed by atoms with Crippen molar-refractivity contribution in [2.24, 2.45) is 11.8 Å². The lowest BCUT2D eigenvalue weighted by Gasteiger charge is -2.32. The fourth-order valence-electron chi connectivity index (χ4n) is 3.15. The zero-order valence-electron chi connectivity index (χ0n) is 13.8. The molecule has 4 rings (SSSR count). The van der Waals surface area contributed by atoms with E-state index in [0.29, 0.717) is 18.1 Å². The van der Waals surface area contributed by atoms with Crippen LogP contribution in [0, 0.1) is 11.8 Å². The van der Waals surface area contributed by atoms with Gasteiger partial charge in [-0.1, -0.05) is 0 Å². The summed E-state index contributed by atoms with van der Waals surface area (Å²) in [5, 5.41) is 6.92. The van der Waals surface area contributed by atoms with Crippen LogP contribution in [-0.2, 0) is 9.59 Å². The largest absolute Gasteiger partial charge is 0.342 e. The van der Waals surface area contributed by atoms with Crippen molar-refractivity contribution in [2.45, 2.75) is 25.7 Å². The molecule has 8 heteroatoms. The standard InChI is InChI=1S/C17H20N6O2/c24-16(13-2-1-7-22(9-13)17(25)12-3-4-12)21-14-5-6-15(19-8-14)23-11-18-10-20-23/h5-6,8,10-13H,1-4,7,9H2,(H,21,24)/t13-/m0/s1. The number of amides is 2. The number of hydrogen-bond acceptors (Lipinski definition) is 5. The first-order valence-corrected chi connectivity index (χ1v) is 8.61. The summed E-state index contributed by atoms with van der Waals surface area (Å²) < 4.78 is 1.55. The average molecular weight is 340 g/mol. The van der Waals surface area contributed by atoms with Gasteiger partial charge in [-0.15, -0.1) is 0 Å². The van der Waals surface area contributed by atoms with Gasteiger partial charge < -0.3 is 10.2 Å². The van der Waals surface area contributed by atoms with Crippen molar-refractivity contribution in [1.29, 1.82) is 0 Å². The first-order chi connectivity index (χ1) is 12.2. The van der Waals surface area contributed by atoms with E-state index in [0.717, 1.165) is 32.2 Å². The Kier molecular flexibility index (Phi) is 4.17. The second kappa shape index (κ2) is 6.62. The highest BCUT2D eigenvalue weighted by molar-refractivity contribution is 5.93. The Balaban J connectivity index is 1.37. The second-order valence-corrected chi connectivity index (χ2v) is 6.63. The van der Waals surface area contributed by atoms with Gasteiger partial charge in [0.05, 0.1) is 17.8 Å². The van der Waals surface area contributed by atoms with Gasteiger partial charge in [0, 0.05) is 19.0 Å². The number of carbonyl (C=O) groups is 2. The number of hydrogen-bond donors (Lipinski definition) is 1. The average Bonchev–Trinajstić information content (AvgIpc) is 3.36. The molecule has 1 aliphatic heterocycles. The molecule has 1 saturated heterocycles. The van der Waals surface area contributed by atoms with Crippen LogP contribution in [0.25, 0.3) is 5.82 Å². The SMILES string of the molecule is O=C(Nc1ccc(-n2cncn2)nc1)[C@H]1CCCN(C(=O)C2CC2)C1. The number of piperidine rings is 1. The molecule has 1 atom stereocenters. The Morgan fingerprint density at radius 1 is 1.16 bits per heavy atom. The van der Waals surface area contributed by atoms with E-state index in [1.807, 2.05) is 4.90 Å². The fraction of sp³-hybridized carbons (Fsp3) is 0.471. The van der Waals surface area contributed by atoms with Gasteiger partial charge in [-0.05, 0) is 37.8 Å². The van der Waals surface area contributed by atoms with Gasteiger partial charge >= 0.3 is 0 Å². The van der Waals surface area contributed by atoms with Gasteiger partial charge in [-0.25, -0.2) is 14.6 Å². The lowest BCUT2D eigenvalue weighted by atomic mass is 9.96. The van der Waals surface area contributed by atoms with Crippen molar-refractivity contribution >= 4 is 17.5 Å². The molecule has 3 heterocycles. The van der Waals surface area contributed by atoms with Crippen LogP contribution >= 0.6 is 0 Å². The Labute approximate surface area is 145 Å². The molecule has 2 fully saturated rings. The van der Waals surface area contributed by atoms with Crippen LogP contribution in [0.1, 0.15) is 25.7 Å². The summed E-state index contributed by atoms with van der Waals surface area (Å²) in [4.78, 5) is 34.8. The molecule has 2 aromatic rings. The maximum atomic E-state index is 12.5. The van der Waals surface area contributed by atoms with Crippen LogP contribution in [0.5, 0.6) is 0 Å². The molecule has 1 aliphatic carbocycles. The first-order valence-electron chi connectivity index (χ1n) is 8.61. The molecule has 1 saturated carbocycles. The number of nitrogens with zero attached hydrogens (tertiary/aromatic N) is 5. The summed E-state index contributed by atoms with van der Waals surface area (Å²) in [5.41, 5.74) is 0.638. The number of pyridine rings is 1. The van der Waals surface area contributed by atoms with Gasteiger partial charge in [0.1, 0.15) is 12.7 Å². The predicted octanol–water partition coefficient (Wildman–Crippen LogP) is 1.25. The van der Waals surface area contributed by atoms with Gasteiger partial charge in [0.25, 0.3) is 0 Å². The zero-order valence-corrected chi connectivity index (χ0v) is 13.8. The third-order valence-electron chi connectivity index (χ3n) is 4.70. The highest BCUT2D eigenvalue weighted by atomic mass is 16.2. The summed E-state index contributed by atoms with van der Waals surface area (Å²) in [7, 11) is 0. The molecule has 2 aromatic heterocycles. The van der Waals surface area contributed by atoms with Crippen LogP contribution in [0.3, 0.4) is 0 Å². The van der Waals surface area contributed by atoms with Crippen LogP contribution in [-0.4, -0.2) is 49.6 Å². The van der Waals surface area contributed by atoms with E-state index in [-0.39, 0.29) is 23.7 Å². The summed E-state index contributed by atoms with van der Waals surface area (Å²) in [5.74, 6) is 0.844. The first kappa shape index (κ1) is 15.7. The molecule has 0 spiro atoms. The number of anilines is 1. The molecule has 0 aromatic carbocycles. The maximum absolute atomic E-state index is 12.5. The number of aromatic nitrogens is 4. The monoisotopic (exact) mass is 340 g/mol. The van der Waals surface area contributed by atoms with E-state index in [4.69, 9.17) is 0 Å². The fourth-order valence-corrected chi connectivity index (χ4v) is 3.15. The zero-order chi connectivity index (χ0) is 17.2. The van der Waals surface area contributed by atoms with Gasteiger partial charge in [-0.2, -0.15) is 5.10 Å². The molecule has 2 aliphatic rings. The maximum Gasteiger partial charge on any atom is 0.229 e. The molecular formula is C17H20N6O2. The lowest BCUT2D eigenvalue weighted by molar-refractivity contribution is -0.135. The summed E-state index contributed by atoms with van der Waals surface area (Å²) in [6.45, 7) is 1.29. The van der Waals surface area contributed by atoms with Crippen LogP contribution in [0.2, 0.25) is 0 Å². The van der Waals surface area contributed by atoms with Crippen molar-refractivity contribution in [3.8, 4) is 5.82 Å². The Bertz CT molecular complexity index is 754. The molecular weight excluding hydrogens is 320 g/mol. The highest BCUT2D eigenvalue weighted by Crippen LogP contribution is 2.32. The lowest BCUT2D eigenvalue weighted by Crippen LogP contribution is -2.44. The molecule has 8 nitrogen and oxygen atoms in total. The number of nitrogens with one attached hydrogen (secondary N) is 1. The Morgan fingerprint density at radius 2 is 2.04 bits per heavy atom. The molecule has 0 unspecified atom stereocenters.